The summed E-state index contributed by atoms with van der Waals surface area (Å²) in [7, 11) is 0. The fraction of sp³-hybridized carbons (Fsp3) is 0.889. The van der Waals surface area contributed by atoms with Crippen molar-refractivity contribution in [2.75, 3.05) is 26.4 Å². The summed E-state index contributed by atoms with van der Waals surface area (Å²) in [4.78, 5) is 26.5. The maximum atomic E-state index is 14.0. The SMILES string of the molecule is C=C(CC[C@@H](C)[C@H]1CC[C@@]2(C(=O)O)C3=C(CC[C@]12C)[C@@]1(C)CC[C@H](O[C@@H]2OC[C@H](O)[C@H](O[C@@H]4OC[C@H](O[C@@H]5OC[C@H](O)[C@H](O)[C@H]5O)[C@H](O)[C@H]4O)[C@H]2O[C@@H]2O[C@H](CO)[C@H](O)[C@H](O)[C@H]2NC(C)=O)C(C)(C)[C@@H]1CC3)C(C)C. The van der Waals surface area contributed by atoms with E-state index in [2.05, 4.69) is 60.4 Å². The summed E-state index contributed by atoms with van der Waals surface area (Å²) < 4.78 is 49.0. The quantitative estimate of drug-likeness (QED) is 0.0966. The molecule has 24 atom stereocenters. The third-order valence-corrected chi connectivity index (χ3v) is 19.7. The maximum Gasteiger partial charge on any atom is 0.314 e. The molecule has 0 aromatic heterocycles. The van der Waals surface area contributed by atoms with E-state index in [9.17, 15) is 60.7 Å². The lowest BCUT2D eigenvalue weighted by molar-refractivity contribution is -0.381. The van der Waals surface area contributed by atoms with Crippen LogP contribution in [0.1, 0.15) is 120 Å². The Morgan fingerprint density at radius 2 is 1.35 bits per heavy atom. The minimum absolute atomic E-state index is 0.0279. The van der Waals surface area contributed by atoms with Crippen LogP contribution in [0.25, 0.3) is 0 Å². The van der Waals surface area contributed by atoms with E-state index in [1.807, 2.05) is 0 Å². The van der Waals surface area contributed by atoms with Crippen LogP contribution in [-0.4, -0.2) is 200 Å². The molecule has 428 valence electrons. The van der Waals surface area contributed by atoms with Gasteiger partial charge >= 0.3 is 5.97 Å². The summed E-state index contributed by atoms with van der Waals surface area (Å²) in [6.45, 7) is 19.0. The Hall–Kier alpha value is -2.26. The fourth-order valence-corrected chi connectivity index (χ4v) is 15.2. The number of amides is 1. The molecule has 0 unspecified atom stereocenters. The highest BCUT2D eigenvalue weighted by atomic mass is 16.8. The van der Waals surface area contributed by atoms with Crippen LogP contribution in [0, 0.1) is 45.3 Å². The normalized spacial score (nSPS) is 47.3. The molecule has 4 aliphatic heterocycles. The lowest BCUT2D eigenvalue weighted by atomic mass is 9.43. The number of aliphatic hydroxyl groups is 9. The Balaban J connectivity index is 1.05. The lowest BCUT2D eigenvalue weighted by Gasteiger charge is -2.62. The largest absolute Gasteiger partial charge is 0.481 e. The molecule has 0 aromatic carbocycles. The zero-order valence-electron chi connectivity index (χ0n) is 44.9. The van der Waals surface area contributed by atoms with Crippen molar-refractivity contribution < 1.29 is 98.5 Å². The van der Waals surface area contributed by atoms with E-state index in [1.54, 1.807) is 0 Å². The molecule has 75 heavy (non-hydrogen) atoms. The Morgan fingerprint density at radius 3 is 2.01 bits per heavy atom. The number of allylic oxidation sites excluding steroid dienone is 2. The predicted molar refractivity (Wildman–Crippen MR) is 263 cm³/mol. The Bertz CT molecular complexity index is 2070. The lowest BCUT2D eigenvalue weighted by Crippen LogP contribution is -2.68. The summed E-state index contributed by atoms with van der Waals surface area (Å²) in [6.07, 6.45) is -18.2. The van der Waals surface area contributed by atoms with E-state index in [-0.39, 0.29) is 30.5 Å². The number of carbonyl (C=O) groups excluding carboxylic acids is 1. The highest BCUT2D eigenvalue weighted by Crippen LogP contribution is 2.73. The second-order valence-corrected chi connectivity index (χ2v) is 24.6. The summed E-state index contributed by atoms with van der Waals surface area (Å²) in [5.41, 5.74) is 1.28. The molecule has 2 saturated carbocycles. The number of aliphatic hydroxyl groups excluding tert-OH is 9. The molecule has 6 fully saturated rings. The molecule has 1 amide bonds. The highest BCUT2D eigenvalue weighted by molar-refractivity contribution is 5.82. The van der Waals surface area contributed by atoms with Gasteiger partial charge in [-0.2, -0.15) is 0 Å². The molecule has 4 aliphatic carbocycles. The molecule has 0 spiro atoms. The third kappa shape index (κ3) is 10.6. The van der Waals surface area contributed by atoms with Gasteiger partial charge in [-0.3, -0.25) is 9.59 Å². The van der Waals surface area contributed by atoms with E-state index in [4.69, 9.17) is 37.9 Å². The van der Waals surface area contributed by atoms with Crippen LogP contribution < -0.4 is 5.32 Å². The molecule has 11 N–H and O–H groups in total. The average Bonchev–Trinajstić information content (AvgIpc) is 3.69. The van der Waals surface area contributed by atoms with Gasteiger partial charge in [-0.25, -0.2) is 0 Å². The molecule has 4 heterocycles. The molecule has 8 aliphatic rings. The number of ether oxygens (including phenoxy) is 8. The van der Waals surface area contributed by atoms with Crippen molar-refractivity contribution in [3.63, 3.8) is 0 Å². The molecule has 0 aromatic rings. The van der Waals surface area contributed by atoms with Crippen LogP contribution in [0.15, 0.2) is 23.3 Å². The van der Waals surface area contributed by atoms with Crippen molar-refractivity contribution in [1.29, 1.82) is 0 Å². The third-order valence-electron chi connectivity index (χ3n) is 19.7. The number of carboxylic acid groups (broad SMARTS) is 1. The van der Waals surface area contributed by atoms with Gasteiger partial charge in [-0.05, 0) is 104 Å². The first kappa shape index (κ1) is 58.9. The molecule has 21 heteroatoms. The van der Waals surface area contributed by atoms with E-state index in [0.29, 0.717) is 43.9 Å². The number of hydrogen-bond acceptors (Lipinski definition) is 19. The number of hydrogen-bond donors (Lipinski definition) is 11. The Kier molecular flexibility index (Phi) is 17.8. The molecular formula is C54H87NO20. The van der Waals surface area contributed by atoms with Crippen molar-refractivity contribution >= 4 is 11.9 Å². The van der Waals surface area contributed by atoms with Crippen LogP contribution in [0.5, 0.6) is 0 Å². The number of carbonyl (C=O) groups is 2. The van der Waals surface area contributed by atoms with Gasteiger partial charge in [0.15, 0.2) is 25.2 Å². The number of rotatable bonds is 16. The van der Waals surface area contributed by atoms with Crippen LogP contribution in [-0.2, 0) is 47.5 Å². The summed E-state index contributed by atoms with van der Waals surface area (Å²) in [5, 5.41) is 111. The molecule has 21 nitrogen and oxygen atoms in total. The number of aliphatic carboxylic acids is 1. The Labute approximate surface area is 439 Å². The van der Waals surface area contributed by atoms with Crippen LogP contribution in [0.3, 0.4) is 0 Å². The fourth-order valence-electron chi connectivity index (χ4n) is 15.2. The Morgan fingerprint density at radius 1 is 0.707 bits per heavy atom. The minimum atomic E-state index is -1.86. The standard InChI is InChI=1S/C54H87NO20/c1-24(2)25(3)10-11-26(4)28-15-19-54(50(66)67)30-12-13-35-51(6,7)36(16-17-52(35,8)29(30)14-18-53(28,54)9)73-49-45(75-46-37(55-27(5)57)41(63)39(61)33(20-56)71-46)44(32(59)22-69-49)74-48-43(65)40(62)34(23-70-48)72-47-42(64)38(60)31(58)21-68-47/h24,26,28,31-49,56,58-65H,3,10-23H2,1-2,4-9H3,(H,55,57)(H,66,67)/t26-,28-,31+,32+,33-,34+,35+,36+,37-,38+,39+,40+,41-,42-,43-,44+,45-,46+,47+,48+,49+,52-,53-,54+/m1/s1. The molecule has 4 saturated heterocycles. The van der Waals surface area contributed by atoms with E-state index >= 15 is 0 Å². The summed E-state index contributed by atoms with van der Waals surface area (Å²) in [6, 6.07) is -1.43. The first-order valence-electron chi connectivity index (χ1n) is 27.3. The minimum Gasteiger partial charge on any atom is -0.481 e. The first-order valence-corrected chi connectivity index (χ1v) is 27.3. The van der Waals surface area contributed by atoms with Crippen molar-refractivity contribution in [2.45, 2.75) is 230 Å². The van der Waals surface area contributed by atoms with Crippen molar-refractivity contribution in [1.82, 2.24) is 5.32 Å². The zero-order valence-corrected chi connectivity index (χ0v) is 44.9. The van der Waals surface area contributed by atoms with Crippen molar-refractivity contribution in [3.8, 4) is 0 Å². The molecule has 8 rings (SSSR count). The van der Waals surface area contributed by atoms with Gasteiger partial charge in [0.2, 0.25) is 5.91 Å². The molecular weight excluding hydrogens is 983 g/mol. The molecule has 0 radical (unpaired) electrons. The van der Waals surface area contributed by atoms with Gasteiger partial charge in [0, 0.05) is 6.92 Å². The van der Waals surface area contributed by atoms with Crippen LogP contribution in [0.2, 0.25) is 0 Å². The maximum absolute atomic E-state index is 14.0. The van der Waals surface area contributed by atoms with Gasteiger partial charge in [-0.1, -0.05) is 71.8 Å². The monoisotopic (exact) mass is 1070 g/mol. The van der Waals surface area contributed by atoms with Gasteiger partial charge in [0.1, 0.15) is 79.3 Å². The van der Waals surface area contributed by atoms with E-state index in [1.165, 1.54) is 18.1 Å². The first-order chi connectivity index (χ1) is 35.2. The summed E-state index contributed by atoms with van der Waals surface area (Å²) >= 11 is 0. The summed E-state index contributed by atoms with van der Waals surface area (Å²) in [5.74, 6) is -0.321. The van der Waals surface area contributed by atoms with Gasteiger partial charge in [0.05, 0.1) is 37.9 Å². The number of nitrogens with one attached hydrogen (secondary N) is 1. The highest BCUT2D eigenvalue weighted by Gasteiger charge is 2.69. The van der Waals surface area contributed by atoms with Gasteiger partial charge < -0.3 is 94.3 Å². The van der Waals surface area contributed by atoms with Crippen LogP contribution in [0.4, 0.5) is 0 Å². The number of fused-ring (bicyclic) bond motifs is 4. The second-order valence-electron chi connectivity index (χ2n) is 24.6. The predicted octanol–water partition coefficient (Wildman–Crippen LogP) is 1.15. The number of carboxylic acids is 1. The average molecular weight is 1070 g/mol. The van der Waals surface area contributed by atoms with Gasteiger partial charge in [0.25, 0.3) is 0 Å². The van der Waals surface area contributed by atoms with Gasteiger partial charge in [-0.15, -0.1) is 0 Å². The topological polar surface area (TPSA) is 322 Å². The van der Waals surface area contributed by atoms with Crippen molar-refractivity contribution in [2.24, 2.45) is 45.3 Å². The van der Waals surface area contributed by atoms with Crippen molar-refractivity contribution in [3.05, 3.63) is 23.3 Å². The smallest absolute Gasteiger partial charge is 0.314 e. The second kappa shape index (κ2) is 22.7. The van der Waals surface area contributed by atoms with E-state index < -0.39 is 152 Å². The van der Waals surface area contributed by atoms with E-state index in [0.717, 1.165) is 37.7 Å². The zero-order chi connectivity index (χ0) is 54.9. The molecule has 0 bridgehead atoms. The van der Waals surface area contributed by atoms with Crippen LogP contribution >= 0.6 is 0 Å².